The van der Waals surface area contributed by atoms with E-state index < -0.39 is 0 Å². The fraction of sp³-hybridized carbons (Fsp3) is 0.769. The Bertz CT molecular complexity index is 248. The Kier molecular flexibility index (Phi) is 5.71. The number of ketones is 1. The van der Waals surface area contributed by atoms with E-state index >= 15 is 0 Å². The standard InChI is InChI=1S/C13H22O3/c1-3-4-11(15)9-12-6-5-10(2)13(16-12)7-8-14/h3-4,10,12-14H,5-9H2,1-2H3/b4-3+/t10-,12+,13+/m1/s1. The summed E-state index contributed by atoms with van der Waals surface area (Å²) >= 11 is 0. The lowest BCUT2D eigenvalue weighted by atomic mass is 9.90. The van der Waals surface area contributed by atoms with E-state index in [9.17, 15) is 4.79 Å². The number of aliphatic hydroxyl groups is 1. The van der Waals surface area contributed by atoms with Crippen LogP contribution in [0.25, 0.3) is 0 Å². The van der Waals surface area contributed by atoms with Gasteiger partial charge in [0.15, 0.2) is 5.78 Å². The summed E-state index contributed by atoms with van der Waals surface area (Å²) in [5, 5.41) is 8.93. The minimum Gasteiger partial charge on any atom is -0.396 e. The molecule has 1 fully saturated rings. The molecule has 0 saturated carbocycles. The fourth-order valence-corrected chi connectivity index (χ4v) is 2.19. The van der Waals surface area contributed by atoms with Crippen LogP contribution in [-0.2, 0) is 9.53 Å². The molecule has 0 aromatic carbocycles. The molecule has 16 heavy (non-hydrogen) atoms. The molecule has 3 atom stereocenters. The molecule has 1 aliphatic heterocycles. The zero-order chi connectivity index (χ0) is 12.0. The maximum Gasteiger partial charge on any atom is 0.157 e. The van der Waals surface area contributed by atoms with Gasteiger partial charge in [-0.2, -0.15) is 0 Å². The second-order valence-electron chi connectivity index (χ2n) is 4.53. The number of carbonyl (C=O) groups is 1. The third kappa shape index (κ3) is 4.06. The van der Waals surface area contributed by atoms with Crippen molar-refractivity contribution in [3.8, 4) is 0 Å². The highest BCUT2D eigenvalue weighted by molar-refractivity contribution is 5.89. The summed E-state index contributed by atoms with van der Waals surface area (Å²) in [6, 6.07) is 0. The van der Waals surface area contributed by atoms with E-state index in [2.05, 4.69) is 6.92 Å². The molecule has 1 heterocycles. The van der Waals surface area contributed by atoms with Gasteiger partial charge in [0.2, 0.25) is 0 Å². The molecule has 92 valence electrons. The van der Waals surface area contributed by atoms with E-state index in [0.717, 1.165) is 12.8 Å². The maximum absolute atomic E-state index is 11.4. The van der Waals surface area contributed by atoms with E-state index in [-0.39, 0.29) is 24.6 Å². The maximum atomic E-state index is 11.4. The summed E-state index contributed by atoms with van der Waals surface area (Å²) in [6.07, 6.45) is 6.69. The molecule has 0 aromatic heterocycles. The first-order chi connectivity index (χ1) is 7.67. The molecule has 0 bridgehead atoms. The number of rotatable bonds is 5. The molecule has 0 amide bonds. The lowest BCUT2D eigenvalue weighted by Gasteiger charge is -2.34. The normalized spacial score (nSPS) is 30.8. The zero-order valence-electron chi connectivity index (χ0n) is 10.2. The topological polar surface area (TPSA) is 46.5 Å². The van der Waals surface area contributed by atoms with Crippen molar-refractivity contribution in [2.45, 2.75) is 51.7 Å². The minimum atomic E-state index is 0.0384. The summed E-state index contributed by atoms with van der Waals surface area (Å²) < 4.78 is 5.84. The minimum absolute atomic E-state index is 0.0384. The Morgan fingerprint density at radius 1 is 1.50 bits per heavy atom. The number of hydrogen-bond donors (Lipinski definition) is 1. The molecule has 1 N–H and O–H groups in total. The fourth-order valence-electron chi connectivity index (χ4n) is 2.19. The number of aliphatic hydroxyl groups excluding tert-OH is 1. The van der Waals surface area contributed by atoms with Crippen LogP contribution in [0.3, 0.4) is 0 Å². The van der Waals surface area contributed by atoms with Gasteiger partial charge in [0, 0.05) is 13.0 Å². The van der Waals surface area contributed by atoms with Crippen LogP contribution in [0.5, 0.6) is 0 Å². The Morgan fingerprint density at radius 2 is 2.25 bits per heavy atom. The van der Waals surface area contributed by atoms with Crippen LogP contribution in [0.4, 0.5) is 0 Å². The van der Waals surface area contributed by atoms with Crippen molar-refractivity contribution in [1.82, 2.24) is 0 Å². The molecule has 1 aliphatic rings. The van der Waals surface area contributed by atoms with Crippen LogP contribution in [-0.4, -0.2) is 29.7 Å². The number of allylic oxidation sites excluding steroid dienone is 2. The molecule has 0 aromatic rings. The predicted molar refractivity (Wildman–Crippen MR) is 63.2 cm³/mol. The van der Waals surface area contributed by atoms with E-state index in [1.807, 2.05) is 6.92 Å². The van der Waals surface area contributed by atoms with Crippen molar-refractivity contribution in [3.63, 3.8) is 0 Å². The first-order valence-electron chi connectivity index (χ1n) is 6.09. The highest BCUT2D eigenvalue weighted by atomic mass is 16.5. The molecular formula is C13H22O3. The first-order valence-corrected chi connectivity index (χ1v) is 6.09. The molecule has 1 rings (SSSR count). The van der Waals surface area contributed by atoms with Gasteiger partial charge in [0.05, 0.1) is 12.2 Å². The Morgan fingerprint density at radius 3 is 2.88 bits per heavy atom. The Hall–Kier alpha value is -0.670. The molecule has 0 aliphatic carbocycles. The van der Waals surface area contributed by atoms with E-state index in [1.54, 1.807) is 12.2 Å². The Balaban J connectivity index is 2.42. The molecule has 3 nitrogen and oxygen atoms in total. The van der Waals surface area contributed by atoms with E-state index in [0.29, 0.717) is 18.8 Å². The third-order valence-corrected chi connectivity index (χ3v) is 3.14. The van der Waals surface area contributed by atoms with Gasteiger partial charge in [-0.25, -0.2) is 0 Å². The second-order valence-corrected chi connectivity index (χ2v) is 4.53. The summed E-state index contributed by atoms with van der Waals surface area (Å²) in [5.41, 5.74) is 0. The molecular weight excluding hydrogens is 204 g/mol. The highest BCUT2D eigenvalue weighted by Gasteiger charge is 2.28. The number of hydrogen-bond acceptors (Lipinski definition) is 3. The quantitative estimate of drug-likeness (QED) is 0.730. The van der Waals surface area contributed by atoms with Crippen molar-refractivity contribution in [2.75, 3.05) is 6.61 Å². The summed E-state index contributed by atoms with van der Waals surface area (Å²) in [5.74, 6) is 0.616. The zero-order valence-corrected chi connectivity index (χ0v) is 10.2. The van der Waals surface area contributed by atoms with Gasteiger partial charge in [-0.15, -0.1) is 0 Å². The number of carbonyl (C=O) groups excluding carboxylic acids is 1. The van der Waals surface area contributed by atoms with E-state index in [4.69, 9.17) is 9.84 Å². The average Bonchev–Trinajstić information content (AvgIpc) is 2.24. The average molecular weight is 226 g/mol. The van der Waals surface area contributed by atoms with Crippen LogP contribution in [0, 0.1) is 5.92 Å². The number of ether oxygens (including phenoxy) is 1. The lowest BCUT2D eigenvalue weighted by molar-refractivity contribution is -0.124. The van der Waals surface area contributed by atoms with Crippen LogP contribution in [0.1, 0.15) is 39.5 Å². The van der Waals surface area contributed by atoms with Crippen molar-refractivity contribution < 1.29 is 14.6 Å². The van der Waals surface area contributed by atoms with E-state index in [1.165, 1.54) is 0 Å². The van der Waals surface area contributed by atoms with Gasteiger partial charge >= 0.3 is 0 Å². The summed E-state index contributed by atoms with van der Waals surface area (Å²) in [7, 11) is 0. The largest absolute Gasteiger partial charge is 0.396 e. The van der Waals surface area contributed by atoms with Crippen molar-refractivity contribution in [1.29, 1.82) is 0 Å². The SMILES string of the molecule is C/C=C/C(=O)C[C@@H]1CC[C@@H](C)[C@H](CCO)O1. The van der Waals surface area contributed by atoms with Gasteiger partial charge in [-0.1, -0.05) is 13.0 Å². The van der Waals surface area contributed by atoms with Crippen LogP contribution in [0.15, 0.2) is 12.2 Å². The molecule has 0 unspecified atom stereocenters. The summed E-state index contributed by atoms with van der Waals surface area (Å²) in [6.45, 7) is 4.14. The van der Waals surface area contributed by atoms with Gasteiger partial charge in [-0.05, 0) is 38.2 Å². The van der Waals surface area contributed by atoms with Gasteiger partial charge in [-0.3, -0.25) is 4.79 Å². The molecule has 0 radical (unpaired) electrons. The third-order valence-electron chi connectivity index (χ3n) is 3.14. The highest BCUT2D eigenvalue weighted by Crippen LogP contribution is 2.28. The van der Waals surface area contributed by atoms with Gasteiger partial charge in [0.1, 0.15) is 0 Å². The van der Waals surface area contributed by atoms with Crippen LogP contribution in [0.2, 0.25) is 0 Å². The monoisotopic (exact) mass is 226 g/mol. The predicted octanol–water partition coefficient (Wildman–Crippen LogP) is 2.09. The van der Waals surface area contributed by atoms with Crippen molar-refractivity contribution in [3.05, 3.63) is 12.2 Å². The summed E-state index contributed by atoms with van der Waals surface area (Å²) in [4.78, 5) is 11.4. The van der Waals surface area contributed by atoms with Crippen LogP contribution >= 0.6 is 0 Å². The van der Waals surface area contributed by atoms with Gasteiger partial charge in [0.25, 0.3) is 0 Å². The van der Waals surface area contributed by atoms with Crippen molar-refractivity contribution >= 4 is 5.78 Å². The lowest BCUT2D eigenvalue weighted by Crippen LogP contribution is -2.35. The molecule has 0 spiro atoms. The smallest absolute Gasteiger partial charge is 0.157 e. The second kappa shape index (κ2) is 6.81. The Labute approximate surface area is 97.5 Å². The molecule has 1 saturated heterocycles. The van der Waals surface area contributed by atoms with Gasteiger partial charge < -0.3 is 9.84 Å². The molecule has 3 heteroatoms. The first kappa shape index (κ1) is 13.4. The van der Waals surface area contributed by atoms with Crippen molar-refractivity contribution in [2.24, 2.45) is 5.92 Å². The van der Waals surface area contributed by atoms with Crippen LogP contribution < -0.4 is 0 Å².